The molecule has 0 heterocycles. The van der Waals surface area contributed by atoms with Gasteiger partial charge in [0.25, 0.3) is 0 Å². The molecule has 5 heteroatoms. The van der Waals surface area contributed by atoms with Crippen molar-refractivity contribution < 1.29 is 14.6 Å². The van der Waals surface area contributed by atoms with Gasteiger partial charge in [0.2, 0.25) is 0 Å². The van der Waals surface area contributed by atoms with E-state index in [0.717, 1.165) is 22.6 Å². The lowest BCUT2D eigenvalue weighted by Gasteiger charge is -2.28. The minimum atomic E-state index is -0.146. The van der Waals surface area contributed by atoms with E-state index < -0.39 is 0 Å². The number of hydrogen-bond acceptors (Lipinski definition) is 5. The van der Waals surface area contributed by atoms with E-state index in [-0.39, 0.29) is 16.8 Å². The molecule has 0 radical (unpaired) electrons. The van der Waals surface area contributed by atoms with Crippen molar-refractivity contribution in [1.82, 2.24) is 0 Å². The van der Waals surface area contributed by atoms with Gasteiger partial charge in [0, 0.05) is 27.5 Å². The van der Waals surface area contributed by atoms with Crippen molar-refractivity contribution in [3.63, 3.8) is 0 Å². The van der Waals surface area contributed by atoms with Crippen LogP contribution in [0.2, 0.25) is 0 Å². The van der Waals surface area contributed by atoms with Crippen molar-refractivity contribution in [2.45, 2.75) is 64.2 Å². The fourth-order valence-electron chi connectivity index (χ4n) is 2.41. The zero-order chi connectivity index (χ0) is 19.3. The van der Waals surface area contributed by atoms with Gasteiger partial charge in [0.05, 0.1) is 12.4 Å². The summed E-state index contributed by atoms with van der Waals surface area (Å²) in [5.41, 5.74) is 1.75. The Bertz CT molecular complexity index is 549. The van der Waals surface area contributed by atoms with Crippen LogP contribution in [-0.4, -0.2) is 34.9 Å². The Morgan fingerprint density at radius 3 is 2.00 bits per heavy atom. The molecular formula is C20H32O3S2. The van der Waals surface area contributed by atoms with E-state index in [9.17, 15) is 9.90 Å². The fraction of sp³-hybridized carbons (Fsp3) is 0.650. The number of esters is 1. The summed E-state index contributed by atoms with van der Waals surface area (Å²) in [4.78, 5) is 12.5. The number of aromatic hydroxyl groups is 1. The number of ether oxygens (including phenoxy) is 1. The molecule has 0 amide bonds. The first kappa shape index (κ1) is 22.2. The van der Waals surface area contributed by atoms with E-state index in [0.29, 0.717) is 18.1 Å². The molecule has 0 aliphatic rings. The molecule has 1 rings (SSSR count). The van der Waals surface area contributed by atoms with Gasteiger partial charge in [-0.25, -0.2) is 0 Å². The number of carbonyl (C=O) groups excluding carboxylic acids is 1. The van der Waals surface area contributed by atoms with Gasteiger partial charge in [-0.1, -0.05) is 41.5 Å². The summed E-state index contributed by atoms with van der Waals surface area (Å²) in [6.45, 7) is 15.0. The molecular weight excluding hydrogens is 352 g/mol. The molecule has 0 fully saturated rings. The molecule has 0 aliphatic carbocycles. The smallest absolute Gasteiger partial charge is 0.315 e. The van der Waals surface area contributed by atoms with Gasteiger partial charge in [-0.3, -0.25) is 4.79 Å². The number of phenolic OH excluding ortho intramolecular Hbond substituents is 1. The van der Waals surface area contributed by atoms with Crippen LogP contribution in [0.15, 0.2) is 17.0 Å². The predicted octanol–water partition coefficient (Wildman–Crippen LogP) is 5.38. The number of phenols is 1. The van der Waals surface area contributed by atoms with E-state index >= 15 is 0 Å². The standard InChI is InChI=1S/C20H32O3S2/c1-8-23-17(21)13-24-9-10-25-14-11-15(19(2,3)4)18(22)16(12-14)20(5,6)7/h11-12,22H,8-10,13H2,1-7H3. The van der Waals surface area contributed by atoms with E-state index in [4.69, 9.17) is 4.74 Å². The first-order valence-corrected chi connectivity index (χ1v) is 10.8. The van der Waals surface area contributed by atoms with E-state index in [2.05, 4.69) is 53.7 Å². The van der Waals surface area contributed by atoms with Crippen LogP contribution in [0.4, 0.5) is 0 Å². The zero-order valence-corrected chi connectivity index (χ0v) is 18.2. The third-order valence-corrected chi connectivity index (χ3v) is 5.89. The summed E-state index contributed by atoms with van der Waals surface area (Å²) in [6, 6.07) is 4.20. The lowest BCUT2D eigenvalue weighted by Crippen LogP contribution is -2.17. The molecule has 0 spiro atoms. The molecule has 1 N–H and O–H groups in total. The molecule has 0 saturated carbocycles. The number of carbonyl (C=O) groups is 1. The Kier molecular flexibility index (Phi) is 8.20. The normalized spacial score (nSPS) is 12.3. The Hall–Kier alpha value is -0.810. The van der Waals surface area contributed by atoms with Gasteiger partial charge in [0.15, 0.2) is 0 Å². The maximum atomic E-state index is 11.3. The Labute approximate surface area is 161 Å². The number of thioether (sulfide) groups is 2. The Morgan fingerprint density at radius 2 is 1.56 bits per heavy atom. The third kappa shape index (κ3) is 7.14. The first-order chi connectivity index (χ1) is 11.5. The van der Waals surface area contributed by atoms with Crippen LogP contribution in [0.5, 0.6) is 5.75 Å². The highest BCUT2D eigenvalue weighted by Crippen LogP contribution is 2.41. The molecule has 0 saturated heterocycles. The Morgan fingerprint density at radius 1 is 1.04 bits per heavy atom. The summed E-state index contributed by atoms with van der Waals surface area (Å²) in [7, 11) is 0. The number of benzene rings is 1. The summed E-state index contributed by atoms with van der Waals surface area (Å²) >= 11 is 3.37. The van der Waals surface area contributed by atoms with Crippen molar-refractivity contribution >= 4 is 29.5 Å². The number of hydrogen-bond donors (Lipinski definition) is 1. The maximum Gasteiger partial charge on any atom is 0.315 e. The van der Waals surface area contributed by atoms with Gasteiger partial charge in [-0.2, -0.15) is 0 Å². The second-order valence-electron chi connectivity index (χ2n) is 8.07. The molecule has 0 atom stereocenters. The molecule has 1 aromatic rings. The summed E-state index contributed by atoms with van der Waals surface area (Å²) in [5, 5.41) is 10.7. The SMILES string of the molecule is CCOC(=O)CSCCSc1cc(C(C)(C)C)c(O)c(C(C)(C)C)c1. The highest BCUT2D eigenvalue weighted by atomic mass is 32.2. The van der Waals surface area contributed by atoms with Crippen molar-refractivity contribution in [2.75, 3.05) is 23.9 Å². The van der Waals surface area contributed by atoms with Gasteiger partial charge < -0.3 is 9.84 Å². The molecule has 0 aliphatic heterocycles. The monoisotopic (exact) mass is 384 g/mol. The largest absolute Gasteiger partial charge is 0.507 e. The van der Waals surface area contributed by atoms with Crippen LogP contribution in [-0.2, 0) is 20.4 Å². The van der Waals surface area contributed by atoms with E-state index in [1.165, 1.54) is 4.90 Å². The highest BCUT2D eigenvalue weighted by Gasteiger charge is 2.26. The van der Waals surface area contributed by atoms with Crippen LogP contribution in [0.1, 0.15) is 59.6 Å². The lowest BCUT2D eigenvalue weighted by atomic mass is 9.79. The van der Waals surface area contributed by atoms with E-state index in [1.54, 1.807) is 23.5 Å². The molecule has 0 bridgehead atoms. The van der Waals surface area contributed by atoms with Gasteiger partial charge in [0.1, 0.15) is 5.75 Å². The van der Waals surface area contributed by atoms with Crippen LogP contribution < -0.4 is 0 Å². The first-order valence-electron chi connectivity index (χ1n) is 8.71. The average molecular weight is 385 g/mol. The molecule has 25 heavy (non-hydrogen) atoms. The number of rotatable bonds is 7. The van der Waals surface area contributed by atoms with Gasteiger partial charge in [-0.05, 0) is 29.9 Å². The molecule has 0 aromatic heterocycles. The van der Waals surface area contributed by atoms with Crippen LogP contribution in [0, 0.1) is 0 Å². The predicted molar refractivity (Wildman–Crippen MR) is 110 cm³/mol. The third-order valence-electron chi connectivity index (χ3n) is 3.72. The van der Waals surface area contributed by atoms with Crippen molar-refractivity contribution in [1.29, 1.82) is 0 Å². The molecule has 3 nitrogen and oxygen atoms in total. The molecule has 0 unspecified atom stereocenters. The highest BCUT2D eigenvalue weighted by molar-refractivity contribution is 8.03. The van der Waals surface area contributed by atoms with E-state index in [1.807, 2.05) is 6.92 Å². The average Bonchev–Trinajstić information content (AvgIpc) is 2.46. The quantitative estimate of drug-likeness (QED) is 0.389. The minimum Gasteiger partial charge on any atom is -0.507 e. The maximum absolute atomic E-state index is 11.3. The van der Waals surface area contributed by atoms with Crippen molar-refractivity contribution in [3.05, 3.63) is 23.3 Å². The lowest BCUT2D eigenvalue weighted by molar-refractivity contribution is -0.139. The van der Waals surface area contributed by atoms with Gasteiger partial charge >= 0.3 is 5.97 Å². The Balaban J connectivity index is 2.81. The second-order valence-corrected chi connectivity index (χ2v) is 10.3. The fourth-order valence-corrected chi connectivity index (χ4v) is 4.25. The topological polar surface area (TPSA) is 46.5 Å². The van der Waals surface area contributed by atoms with Gasteiger partial charge in [-0.15, -0.1) is 23.5 Å². The van der Waals surface area contributed by atoms with Crippen LogP contribution >= 0.6 is 23.5 Å². The molecule has 142 valence electrons. The molecule has 1 aromatic carbocycles. The summed E-state index contributed by atoms with van der Waals surface area (Å²) in [6.07, 6.45) is 0. The summed E-state index contributed by atoms with van der Waals surface area (Å²) in [5.74, 6) is 2.49. The van der Waals surface area contributed by atoms with Crippen molar-refractivity contribution in [2.24, 2.45) is 0 Å². The second kappa shape index (κ2) is 9.22. The summed E-state index contributed by atoms with van der Waals surface area (Å²) < 4.78 is 4.93. The van der Waals surface area contributed by atoms with Crippen LogP contribution in [0.25, 0.3) is 0 Å². The van der Waals surface area contributed by atoms with Crippen molar-refractivity contribution in [3.8, 4) is 5.75 Å². The zero-order valence-electron chi connectivity index (χ0n) is 16.6. The minimum absolute atomic E-state index is 0.112. The van der Waals surface area contributed by atoms with Crippen LogP contribution in [0.3, 0.4) is 0 Å².